The first kappa shape index (κ1) is 14.4. The largest absolute Gasteiger partial charge is 0.476 e. The molecule has 0 aromatic carbocycles. The molecule has 1 atom stereocenters. The van der Waals surface area contributed by atoms with E-state index in [4.69, 9.17) is 10.5 Å². The van der Waals surface area contributed by atoms with Crippen LogP contribution in [0.15, 0.2) is 12.1 Å². The number of nitrogens with zero attached hydrogens (tertiary/aromatic N) is 2. The Morgan fingerprint density at radius 2 is 2.10 bits per heavy atom. The van der Waals surface area contributed by atoms with Gasteiger partial charge in [0.2, 0.25) is 5.88 Å². The van der Waals surface area contributed by atoms with Gasteiger partial charge in [0, 0.05) is 6.54 Å². The predicted octanol–water partition coefficient (Wildman–Crippen LogP) is 2.19. The highest BCUT2D eigenvalue weighted by Crippen LogP contribution is 2.32. The van der Waals surface area contributed by atoms with E-state index in [1.165, 1.54) is 25.7 Å². The number of hydrogen-bond acceptors (Lipinski definition) is 5. The van der Waals surface area contributed by atoms with Crippen molar-refractivity contribution in [3.05, 3.63) is 12.1 Å². The minimum absolute atomic E-state index is 0.153. The van der Waals surface area contributed by atoms with Crippen LogP contribution in [0.1, 0.15) is 38.5 Å². The van der Waals surface area contributed by atoms with Crippen LogP contribution in [0.2, 0.25) is 0 Å². The molecule has 1 saturated carbocycles. The number of pyridine rings is 1. The lowest BCUT2D eigenvalue weighted by atomic mass is 10.1. The standard InChI is InChI=1S/C16H25N3O2/c17-14-7-8-15(18-16(14)21-11-12-5-6-12)19-9-3-1-2-4-13(19)10-20/h7-8,12-13,20H,1-6,9-11,17H2. The Morgan fingerprint density at radius 1 is 1.24 bits per heavy atom. The molecule has 0 amide bonds. The molecular formula is C16H25N3O2. The van der Waals surface area contributed by atoms with Crippen molar-refractivity contribution >= 4 is 11.5 Å². The third kappa shape index (κ3) is 3.59. The third-order valence-electron chi connectivity index (χ3n) is 4.41. The monoisotopic (exact) mass is 291 g/mol. The third-order valence-corrected chi connectivity index (χ3v) is 4.41. The van der Waals surface area contributed by atoms with Crippen LogP contribution in [0, 0.1) is 5.92 Å². The second-order valence-corrected chi connectivity index (χ2v) is 6.20. The van der Waals surface area contributed by atoms with Gasteiger partial charge in [-0.15, -0.1) is 0 Å². The summed E-state index contributed by atoms with van der Waals surface area (Å²) in [5.74, 6) is 2.09. The Kier molecular flexibility index (Phi) is 4.48. The lowest BCUT2D eigenvalue weighted by Crippen LogP contribution is -2.38. The first-order valence-corrected chi connectivity index (χ1v) is 8.04. The Labute approximate surface area is 126 Å². The van der Waals surface area contributed by atoms with E-state index in [1.54, 1.807) is 0 Å². The van der Waals surface area contributed by atoms with Crippen molar-refractivity contribution < 1.29 is 9.84 Å². The highest BCUT2D eigenvalue weighted by atomic mass is 16.5. The molecule has 1 aliphatic carbocycles. The van der Waals surface area contributed by atoms with Crippen LogP contribution in [0.4, 0.5) is 11.5 Å². The number of aromatic nitrogens is 1. The molecular weight excluding hydrogens is 266 g/mol. The second kappa shape index (κ2) is 6.52. The van der Waals surface area contributed by atoms with Gasteiger partial charge >= 0.3 is 0 Å². The van der Waals surface area contributed by atoms with Crippen LogP contribution in [-0.2, 0) is 0 Å². The average molecular weight is 291 g/mol. The van der Waals surface area contributed by atoms with E-state index >= 15 is 0 Å². The van der Waals surface area contributed by atoms with Gasteiger partial charge < -0.3 is 20.5 Å². The van der Waals surface area contributed by atoms with Crippen molar-refractivity contribution in [2.75, 3.05) is 30.4 Å². The number of nitrogen functional groups attached to an aromatic ring is 1. The van der Waals surface area contributed by atoms with Crippen molar-refractivity contribution in [1.29, 1.82) is 0 Å². The van der Waals surface area contributed by atoms with E-state index < -0.39 is 0 Å². The normalized spacial score (nSPS) is 22.9. The van der Waals surface area contributed by atoms with Gasteiger partial charge in [-0.1, -0.05) is 12.8 Å². The molecule has 1 saturated heterocycles. The molecule has 0 bridgehead atoms. The van der Waals surface area contributed by atoms with Gasteiger partial charge in [0.1, 0.15) is 5.82 Å². The zero-order chi connectivity index (χ0) is 14.7. The molecule has 21 heavy (non-hydrogen) atoms. The number of rotatable bonds is 5. The minimum atomic E-state index is 0.153. The Balaban J connectivity index is 1.77. The fourth-order valence-electron chi connectivity index (χ4n) is 2.87. The molecule has 0 spiro atoms. The van der Waals surface area contributed by atoms with E-state index in [0.717, 1.165) is 25.2 Å². The maximum Gasteiger partial charge on any atom is 0.239 e. The van der Waals surface area contributed by atoms with Crippen molar-refractivity contribution in [2.24, 2.45) is 5.92 Å². The van der Waals surface area contributed by atoms with Crippen LogP contribution < -0.4 is 15.4 Å². The molecule has 5 nitrogen and oxygen atoms in total. The van der Waals surface area contributed by atoms with Crippen LogP contribution in [0.3, 0.4) is 0 Å². The zero-order valence-electron chi connectivity index (χ0n) is 12.5. The molecule has 2 aliphatic rings. The summed E-state index contributed by atoms with van der Waals surface area (Å²) in [4.78, 5) is 6.81. The van der Waals surface area contributed by atoms with Crippen molar-refractivity contribution in [2.45, 2.75) is 44.6 Å². The summed E-state index contributed by atoms with van der Waals surface area (Å²) in [5, 5.41) is 9.63. The number of hydrogen-bond donors (Lipinski definition) is 2. The molecule has 2 heterocycles. The fraction of sp³-hybridized carbons (Fsp3) is 0.688. The van der Waals surface area contributed by atoms with Crippen LogP contribution >= 0.6 is 0 Å². The maximum absolute atomic E-state index is 9.63. The fourth-order valence-corrected chi connectivity index (χ4v) is 2.87. The Hall–Kier alpha value is -1.49. The van der Waals surface area contributed by atoms with Gasteiger partial charge in [0.05, 0.1) is 24.9 Å². The molecule has 3 N–H and O–H groups in total. The van der Waals surface area contributed by atoms with Crippen molar-refractivity contribution in [3.63, 3.8) is 0 Å². The highest BCUT2D eigenvalue weighted by molar-refractivity contribution is 5.55. The van der Waals surface area contributed by atoms with E-state index in [1.807, 2.05) is 12.1 Å². The molecule has 116 valence electrons. The lowest BCUT2D eigenvalue weighted by molar-refractivity contribution is 0.254. The smallest absolute Gasteiger partial charge is 0.239 e. The summed E-state index contributed by atoms with van der Waals surface area (Å²) in [6, 6.07) is 3.96. The average Bonchev–Trinajstić information content (AvgIpc) is 3.33. The molecule has 1 aliphatic heterocycles. The molecule has 0 radical (unpaired) electrons. The second-order valence-electron chi connectivity index (χ2n) is 6.20. The minimum Gasteiger partial charge on any atom is -0.476 e. The number of ether oxygens (including phenoxy) is 1. The summed E-state index contributed by atoms with van der Waals surface area (Å²) in [6.45, 7) is 1.82. The molecule has 2 fully saturated rings. The Bertz CT molecular complexity index is 477. The quantitative estimate of drug-likeness (QED) is 0.870. The first-order chi connectivity index (χ1) is 10.3. The summed E-state index contributed by atoms with van der Waals surface area (Å²) >= 11 is 0. The molecule has 1 aromatic rings. The predicted molar refractivity (Wildman–Crippen MR) is 83.6 cm³/mol. The van der Waals surface area contributed by atoms with Gasteiger partial charge in [0.25, 0.3) is 0 Å². The number of aliphatic hydroxyl groups excluding tert-OH is 1. The maximum atomic E-state index is 9.63. The summed E-state index contributed by atoms with van der Waals surface area (Å²) in [6.07, 6.45) is 7.03. The van der Waals surface area contributed by atoms with E-state index in [0.29, 0.717) is 24.1 Å². The Morgan fingerprint density at radius 3 is 2.86 bits per heavy atom. The van der Waals surface area contributed by atoms with Crippen LogP contribution in [-0.4, -0.2) is 35.9 Å². The molecule has 5 heteroatoms. The number of nitrogens with two attached hydrogens (primary N) is 1. The first-order valence-electron chi connectivity index (χ1n) is 8.04. The SMILES string of the molecule is Nc1ccc(N2CCCCCC2CO)nc1OCC1CC1. The van der Waals surface area contributed by atoms with E-state index in [9.17, 15) is 5.11 Å². The van der Waals surface area contributed by atoms with Gasteiger partial charge in [-0.05, 0) is 43.7 Å². The van der Waals surface area contributed by atoms with E-state index in [2.05, 4.69) is 9.88 Å². The zero-order valence-corrected chi connectivity index (χ0v) is 12.5. The molecule has 3 rings (SSSR count). The van der Waals surface area contributed by atoms with Crippen LogP contribution in [0.5, 0.6) is 5.88 Å². The van der Waals surface area contributed by atoms with Gasteiger partial charge in [-0.3, -0.25) is 0 Å². The van der Waals surface area contributed by atoms with Gasteiger partial charge in [0.15, 0.2) is 0 Å². The topological polar surface area (TPSA) is 71.6 Å². The highest BCUT2D eigenvalue weighted by Gasteiger charge is 2.24. The van der Waals surface area contributed by atoms with Gasteiger partial charge in [-0.2, -0.15) is 4.98 Å². The van der Waals surface area contributed by atoms with Crippen molar-refractivity contribution in [3.8, 4) is 5.88 Å². The molecule has 1 unspecified atom stereocenters. The summed E-state index contributed by atoms with van der Waals surface area (Å²) < 4.78 is 5.77. The van der Waals surface area contributed by atoms with Gasteiger partial charge in [-0.25, -0.2) is 0 Å². The van der Waals surface area contributed by atoms with E-state index in [-0.39, 0.29) is 12.6 Å². The van der Waals surface area contributed by atoms with Crippen molar-refractivity contribution in [1.82, 2.24) is 4.98 Å². The number of aliphatic hydroxyl groups is 1. The lowest BCUT2D eigenvalue weighted by Gasteiger charge is -2.30. The van der Waals surface area contributed by atoms with Crippen LogP contribution in [0.25, 0.3) is 0 Å². The summed E-state index contributed by atoms with van der Waals surface area (Å²) in [7, 11) is 0. The molecule has 1 aromatic heterocycles. The summed E-state index contributed by atoms with van der Waals surface area (Å²) in [5.41, 5.74) is 6.56. The number of anilines is 2.